The van der Waals surface area contributed by atoms with Crippen LogP contribution in [-0.2, 0) is 9.84 Å². The first-order valence-corrected chi connectivity index (χ1v) is 3.63. The van der Waals surface area contributed by atoms with Crippen molar-refractivity contribution in [2.75, 3.05) is 6.61 Å². The summed E-state index contributed by atoms with van der Waals surface area (Å²) in [4.78, 5) is 0. The highest BCUT2D eigenvalue weighted by molar-refractivity contribution is 4.91. The Balaban J connectivity index is 1.86. The number of hydrogen-bond acceptors (Lipinski definition) is 1. The van der Waals surface area contributed by atoms with Crippen LogP contribution in [0.3, 0.4) is 0 Å². The molecule has 0 N–H and O–H groups in total. The van der Waals surface area contributed by atoms with Gasteiger partial charge in [-0.25, -0.2) is 5.11 Å². The quantitative estimate of drug-likeness (QED) is 0.483. The smallest absolute Gasteiger partial charge is 0.0851 e. The largest absolute Gasteiger partial charge is 0.370 e. The van der Waals surface area contributed by atoms with E-state index in [0.29, 0.717) is 18.1 Å². The zero-order chi connectivity index (χ0) is 6.27. The lowest BCUT2D eigenvalue weighted by molar-refractivity contribution is 0.126. The second-order valence-corrected chi connectivity index (χ2v) is 3.06. The van der Waals surface area contributed by atoms with Crippen molar-refractivity contribution in [2.24, 2.45) is 5.92 Å². The first-order valence-electron chi connectivity index (χ1n) is 3.63. The van der Waals surface area contributed by atoms with Gasteiger partial charge in [0, 0.05) is 0 Å². The molecular formula is C7H11O2. The summed E-state index contributed by atoms with van der Waals surface area (Å²) in [7, 11) is 0. The van der Waals surface area contributed by atoms with E-state index in [9.17, 15) is 5.11 Å². The van der Waals surface area contributed by atoms with Crippen molar-refractivity contribution in [1.82, 2.24) is 0 Å². The Labute approximate surface area is 54.8 Å². The monoisotopic (exact) mass is 127 g/mol. The van der Waals surface area contributed by atoms with E-state index >= 15 is 0 Å². The Kier molecular flexibility index (Phi) is 1.24. The highest BCUT2D eigenvalue weighted by Crippen LogP contribution is 2.38. The van der Waals surface area contributed by atoms with Gasteiger partial charge in [-0.05, 0) is 25.2 Å². The maximum atomic E-state index is 10.4. The minimum Gasteiger partial charge on any atom is -0.370 e. The van der Waals surface area contributed by atoms with Crippen LogP contribution in [0.15, 0.2) is 0 Å². The predicted octanol–water partition coefficient (Wildman–Crippen LogP) is 0.984. The molecule has 0 aromatic carbocycles. The van der Waals surface area contributed by atoms with Crippen LogP contribution in [-0.4, -0.2) is 18.8 Å². The highest BCUT2D eigenvalue weighted by atomic mass is 16.6. The fourth-order valence-electron chi connectivity index (χ4n) is 1.64. The van der Waals surface area contributed by atoms with Crippen molar-refractivity contribution in [3.8, 4) is 0 Å². The fraction of sp³-hybridized carbons (Fsp3) is 1.00. The minimum atomic E-state index is 0.104. The van der Waals surface area contributed by atoms with Crippen molar-refractivity contribution in [3.63, 3.8) is 0 Å². The van der Waals surface area contributed by atoms with E-state index in [-0.39, 0.29) is 6.61 Å². The van der Waals surface area contributed by atoms with E-state index in [1.807, 2.05) is 0 Å². The maximum Gasteiger partial charge on any atom is 0.0851 e. The third-order valence-electron chi connectivity index (χ3n) is 2.35. The van der Waals surface area contributed by atoms with E-state index in [0.717, 1.165) is 19.3 Å². The molecule has 0 aromatic heterocycles. The molecule has 3 unspecified atom stereocenters. The summed E-state index contributed by atoms with van der Waals surface area (Å²) in [5.41, 5.74) is 0. The summed E-state index contributed by atoms with van der Waals surface area (Å²) in [5, 5.41) is 10.4. The zero-order valence-electron chi connectivity index (χ0n) is 5.38. The molecule has 1 saturated heterocycles. The number of epoxide rings is 1. The zero-order valence-corrected chi connectivity index (χ0v) is 5.38. The molecule has 3 atom stereocenters. The van der Waals surface area contributed by atoms with Gasteiger partial charge in [-0.3, -0.25) is 0 Å². The maximum absolute atomic E-state index is 10.4. The van der Waals surface area contributed by atoms with E-state index in [1.54, 1.807) is 0 Å². The molecule has 2 rings (SSSR count). The fourth-order valence-corrected chi connectivity index (χ4v) is 1.64. The van der Waals surface area contributed by atoms with Gasteiger partial charge in [0.2, 0.25) is 0 Å². The van der Waals surface area contributed by atoms with Gasteiger partial charge in [0.1, 0.15) is 0 Å². The molecule has 0 amide bonds. The molecule has 2 nitrogen and oxygen atoms in total. The molecule has 1 aliphatic heterocycles. The summed E-state index contributed by atoms with van der Waals surface area (Å²) in [6.45, 7) is 0.104. The summed E-state index contributed by atoms with van der Waals surface area (Å²) in [6, 6.07) is 0. The molecule has 9 heavy (non-hydrogen) atoms. The number of fused-ring (bicyclic) bond motifs is 1. The van der Waals surface area contributed by atoms with Crippen molar-refractivity contribution in [1.29, 1.82) is 0 Å². The van der Waals surface area contributed by atoms with Crippen molar-refractivity contribution in [3.05, 3.63) is 0 Å². The second-order valence-electron chi connectivity index (χ2n) is 3.06. The van der Waals surface area contributed by atoms with E-state index in [4.69, 9.17) is 4.74 Å². The molecular weight excluding hydrogens is 116 g/mol. The van der Waals surface area contributed by atoms with Gasteiger partial charge in [0.25, 0.3) is 0 Å². The standard InChI is InChI=1S/C7H11O2/c8-4-5-1-2-6-7(3-5)9-6/h5-7H,1-4H2. The lowest BCUT2D eigenvalue weighted by Gasteiger charge is -2.13. The highest BCUT2D eigenvalue weighted by Gasteiger charge is 2.43. The summed E-state index contributed by atoms with van der Waals surface area (Å²) < 4.78 is 5.27. The third kappa shape index (κ3) is 0.970. The van der Waals surface area contributed by atoms with Gasteiger partial charge in [0.05, 0.1) is 18.8 Å². The minimum absolute atomic E-state index is 0.104. The second kappa shape index (κ2) is 1.96. The van der Waals surface area contributed by atoms with Gasteiger partial charge in [-0.15, -0.1) is 0 Å². The summed E-state index contributed by atoms with van der Waals surface area (Å²) in [5.74, 6) is 0.425. The van der Waals surface area contributed by atoms with Crippen molar-refractivity contribution >= 4 is 0 Å². The Morgan fingerprint density at radius 2 is 2.22 bits per heavy atom. The van der Waals surface area contributed by atoms with Crippen LogP contribution in [0.2, 0.25) is 0 Å². The topological polar surface area (TPSA) is 32.4 Å². The molecule has 1 aliphatic carbocycles. The predicted molar refractivity (Wildman–Crippen MR) is 31.6 cm³/mol. The summed E-state index contributed by atoms with van der Waals surface area (Å²) in [6.07, 6.45) is 4.31. The van der Waals surface area contributed by atoms with Crippen LogP contribution in [0, 0.1) is 5.92 Å². The molecule has 51 valence electrons. The van der Waals surface area contributed by atoms with Crippen LogP contribution in [0.4, 0.5) is 0 Å². The van der Waals surface area contributed by atoms with Gasteiger partial charge in [0.15, 0.2) is 0 Å². The molecule has 2 aliphatic rings. The van der Waals surface area contributed by atoms with Gasteiger partial charge >= 0.3 is 0 Å². The van der Waals surface area contributed by atoms with Crippen LogP contribution in [0.25, 0.3) is 0 Å². The van der Waals surface area contributed by atoms with Gasteiger partial charge < -0.3 is 4.74 Å². The van der Waals surface area contributed by atoms with Crippen LogP contribution >= 0.6 is 0 Å². The van der Waals surface area contributed by atoms with Crippen LogP contribution in [0.5, 0.6) is 0 Å². The SMILES string of the molecule is [O]CC1CCC2OC2C1. The molecule has 0 spiro atoms. The molecule has 0 bridgehead atoms. The van der Waals surface area contributed by atoms with Gasteiger partial charge in [-0.1, -0.05) is 0 Å². The first-order chi connectivity index (χ1) is 4.40. The van der Waals surface area contributed by atoms with E-state index < -0.39 is 0 Å². The normalized spacial score (nSPS) is 48.3. The number of rotatable bonds is 1. The van der Waals surface area contributed by atoms with E-state index in [2.05, 4.69) is 0 Å². The average Bonchev–Trinajstić information content (AvgIpc) is 2.64. The molecule has 1 saturated carbocycles. The van der Waals surface area contributed by atoms with Crippen molar-refractivity contribution < 1.29 is 9.84 Å². The lowest BCUT2D eigenvalue weighted by Crippen LogP contribution is -2.15. The van der Waals surface area contributed by atoms with Crippen LogP contribution in [0.1, 0.15) is 19.3 Å². The third-order valence-corrected chi connectivity index (χ3v) is 2.35. The Bertz CT molecular complexity index is 113. The Morgan fingerprint density at radius 3 is 2.89 bits per heavy atom. The van der Waals surface area contributed by atoms with Crippen molar-refractivity contribution in [2.45, 2.75) is 31.5 Å². The summed E-state index contributed by atoms with van der Waals surface area (Å²) >= 11 is 0. The van der Waals surface area contributed by atoms with Crippen LogP contribution < -0.4 is 0 Å². The lowest BCUT2D eigenvalue weighted by atomic mass is 9.90. The first kappa shape index (κ1) is 5.69. The van der Waals surface area contributed by atoms with E-state index in [1.165, 1.54) is 0 Å². The molecule has 1 heterocycles. The molecule has 2 heteroatoms. The Hall–Kier alpha value is -0.0800. The molecule has 0 aromatic rings. The average molecular weight is 127 g/mol. The molecule has 1 radical (unpaired) electrons. The number of hydrogen-bond donors (Lipinski definition) is 0. The number of ether oxygens (including phenoxy) is 1. The molecule has 2 fully saturated rings. The van der Waals surface area contributed by atoms with Gasteiger partial charge in [-0.2, -0.15) is 0 Å². The Morgan fingerprint density at radius 1 is 1.33 bits per heavy atom.